The van der Waals surface area contributed by atoms with Crippen LogP contribution in [0.3, 0.4) is 0 Å². The number of benzene rings is 1. The molecule has 0 aliphatic carbocycles. The van der Waals surface area contributed by atoms with Gasteiger partial charge in [-0.25, -0.2) is 0 Å². The second-order valence-electron chi connectivity index (χ2n) is 3.75. The Balaban J connectivity index is 2.09. The lowest BCUT2D eigenvalue weighted by Crippen LogP contribution is -1.86. The summed E-state index contributed by atoms with van der Waals surface area (Å²) in [6, 6.07) is 8.02. The molecule has 1 aromatic carbocycles. The second kappa shape index (κ2) is 7.47. The topological polar surface area (TPSA) is 17.1 Å². The van der Waals surface area contributed by atoms with Crippen LogP contribution in [-0.2, 0) is 11.2 Å². The van der Waals surface area contributed by atoms with Gasteiger partial charge in [-0.05, 0) is 37.0 Å². The van der Waals surface area contributed by atoms with Crippen molar-refractivity contribution in [3.8, 4) is 0 Å². The van der Waals surface area contributed by atoms with Crippen LogP contribution < -0.4 is 0 Å². The van der Waals surface area contributed by atoms with E-state index >= 15 is 0 Å². The Morgan fingerprint density at radius 2 is 1.67 bits per heavy atom. The van der Waals surface area contributed by atoms with Crippen molar-refractivity contribution in [2.75, 3.05) is 0 Å². The first-order valence-corrected chi connectivity index (χ1v) is 5.89. The van der Waals surface area contributed by atoms with Crippen molar-refractivity contribution >= 4 is 17.9 Å². The lowest BCUT2D eigenvalue weighted by molar-refractivity contribution is -0.107. The first-order chi connectivity index (χ1) is 7.33. The van der Waals surface area contributed by atoms with Crippen LogP contribution in [0.2, 0.25) is 5.02 Å². The van der Waals surface area contributed by atoms with Gasteiger partial charge >= 0.3 is 0 Å². The summed E-state index contributed by atoms with van der Waals surface area (Å²) in [4.78, 5) is 10.1. The molecule has 0 saturated heterocycles. The van der Waals surface area contributed by atoms with Gasteiger partial charge in [0, 0.05) is 11.4 Å². The number of carbonyl (C=O) groups excluding carboxylic acids is 1. The molecule has 1 rings (SSSR count). The zero-order valence-electron chi connectivity index (χ0n) is 8.92. The van der Waals surface area contributed by atoms with Crippen LogP contribution in [-0.4, -0.2) is 6.29 Å². The predicted octanol–water partition coefficient (Wildman–Crippen LogP) is 4.03. The molecule has 0 amide bonds. The minimum atomic E-state index is 0.709. The van der Waals surface area contributed by atoms with E-state index in [9.17, 15) is 4.79 Å². The summed E-state index contributed by atoms with van der Waals surface area (Å²) in [7, 11) is 0. The molecule has 82 valence electrons. The number of aldehydes is 1. The van der Waals surface area contributed by atoms with Gasteiger partial charge in [0.25, 0.3) is 0 Å². The van der Waals surface area contributed by atoms with E-state index in [-0.39, 0.29) is 0 Å². The molecule has 0 saturated carbocycles. The largest absolute Gasteiger partial charge is 0.303 e. The molecular weight excluding hydrogens is 208 g/mol. The van der Waals surface area contributed by atoms with Crippen LogP contribution in [0.5, 0.6) is 0 Å². The van der Waals surface area contributed by atoms with Crippen molar-refractivity contribution in [3.63, 3.8) is 0 Å². The third kappa shape index (κ3) is 5.58. The van der Waals surface area contributed by atoms with Crippen molar-refractivity contribution in [2.24, 2.45) is 0 Å². The third-order valence-corrected chi connectivity index (χ3v) is 2.70. The van der Waals surface area contributed by atoms with E-state index in [0.717, 1.165) is 30.6 Å². The van der Waals surface area contributed by atoms with Gasteiger partial charge < -0.3 is 4.79 Å². The summed E-state index contributed by atoms with van der Waals surface area (Å²) >= 11 is 5.80. The van der Waals surface area contributed by atoms with Gasteiger partial charge in [-0.2, -0.15) is 0 Å². The van der Waals surface area contributed by atoms with Gasteiger partial charge in [0.1, 0.15) is 6.29 Å². The molecule has 0 bridgehead atoms. The maximum absolute atomic E-state index is 10.1. The third-order valence-electron chi connectivity index (χ3n) is 2.45. The maximum atomic E-state index is 10.1. The van der Waals surface area contributed by atoms with Crippen molar-refractivity contribution in [1.29, 1.82) is 0 Å². The Bertz CT molecular complexity index is 279. The van der Waals surface area contributed by atoms with Crippen molar-refractivity contribution in [1.82, 2.24) is 0 Å². The van der Waals surface area contributed by atoms with Gasteiger partial charge in [-0.3, -0.25) is 0 Å². The van der Waals surface area contributed by atoms with Crippen LogP contribution in [0.25, 0.3) is 0 Å². The molecule has 1 aromatic rings. The first kappa shape index (κ1) is 12.3. The number of unbranched alkanes of at least 4 members (excludes halogenated alkanes) is 4. The number of halogens is 1. The van der Waals surface area contributed by atoms with Gasteiger partial charge in [-0.1, -0.05) is 36.6 Å². The lowest BCUT2D eigenvalue weighted by atomic mass is 10.1. The lowest BCUT2D eigenvalue weighted by Gasteiger charge is -2.01. The number of hydrogen-bond donors (Lipinski definition) is 0. The molecule has 0 fully saturated rings. The molecule has 0 radical (unpaired) electrons. The molecule has 0 atom stereocenters. The minimum absolute atomic E-state index is 0.709. The molecule has 15 heavy (non-hydrogen) atoms. The molecule has 1 nitrogen and oxygen atoms in total. The Morgan fingerprint density at radius 3 is 2.33 bits per heavy atom. The average Bonchev–Trinajstić information content (AvgIpc) is 2.26. The number of hydrogen-bond acceptors (Lipinski definition) is 1. The molecule has 0 spiro atoms. The highest BCUT2D eigenvalue weighted by molar-refractivity contribution is 6.30. The number of aryl methyl sites for hydroxylation is 1. The molecule has 0 heterocycles. The number of carbonyl (C=O) groups is 1. The highest BCUT2D eigenvalue weighted by Crippen LogP contribution is 2.12. The molecule has 0 aliphatic rings. The van der Waals surface area contributed by atoms with Gasteiger partial charge in [0.15, 0.2) is 0 Å². The smallest absolute Gasteiger partial charge is 0.119 e. The Hall–Kier alpha value is -0.820. The Kier molecular flexibility index (Phi) is 6.10. The van der Waals surface area contributed by atoms with Crippen LogP contribution in [0.4, 0.5) is 0 Å². The van der Waals surface area contributed by atoms with E-state index in [1.54, 1.807) is 0 Å². The normalized spacial score (nSPS) is 10.2. The predicted molar refractivity (Wildman–Crippen MR) is 64.3 cm³/mol. The van der Waals surface area contributed by atoms with Crippen molar-refractivity contribution in [3.05, 3.63) is 34.9 Å². The Morgan fingerprint density at radius 1 is 1.00 bits per heavy atom. The average molecular weight is 225 g/mol. The van der Waals surface area contributed by atoms with E-state index in [1.807, 2.05) is 12.1 Å². The highest BCUT2D eigenvalue weighted by Gasteiger charge is 1.94. The summed E-state index contributed by atoms with van der Waals surface area (Å²) < 4.78 is 0. The maximum Gasteiger partial charge on any atom is 0.119 e. The summed E-state index contributed by atoms with van der Waals surface area (Å²) in [5, 5.41) is 0.796. The summed E-state index contributed by atoms with van der Waals surface area (Å²) in [5.74, 6) is 0. The fraction of sp³-hybridized carbons (Fsp3) is 0.462. The van der Waals surface area contributed by atoms with E-state index in [2.05, 4.69) is 12.1 Å². The van der Waals surface area contributed by atoms with E-state index in [4.69, 9.17) is 11.6 Å². The zero-order valence-corrected chi connectivity index (χ0v) is 9.67. The van der Waals surface area contributed by atoms with E-state index < -0.39 is 0 Å². The van der Waals surface area contributed by atoms with Crippen molar-refractivity contribution < 1.29 is 4.79 Å². The molecular formula is C13H17ClO. The summed E-state index contributed by atoms with van der Waals surface area (Å²) in [6.07, 6.45) is 7.41. The van der Waals surface area contributed by atoms with E-state index in [1.165, 1.54) is 18.4 Å². The highest BCUT2D eigenvalue weighted by atomic mass is 35.5. The molecule has 0 aliphatic heterocycles. The monoisotopic (exact) mass is 224 g/mol. The van der Waals surface area contributed by atoms with Crippen LogP contribution >= 0.6 is 11.6 Å². The zero-order chi connectivity index (χ0) is 10.9. The number of rotatable bonds is 7. The van der Waals surface area contributed by atoms with Crippen LogP contribution in [0, 0.1) is 0 Å². The fourth-order valence-corrected chi connectivity index (χ4v) is 1.69. The van der Waals surface area contributed by atoms with E-state index in [0.29, 0.717) is 6.42 Å². The SMILES string of the molecule is O=CCCCCCCc1ccc(Cl)cc1. The van der Waals surface area contributed by atoms with Crippen LogP contribution in [0.1, 0.15) is 37.7 Å². The molecule has 0 N–H and O–H groups in total. The van der Waals surface area contributed by atoms with Gasteiger partial charge in [-0.15, -0.1) is 0 Å². The molecule has 2 heteroatoms. The van der Waals surface area contributed by atoms with Gasteiger partial charge in [0.05, 0.1) is 0 Å². The standard InChI is InChI=1S/C13H17ClO/c14-13-9-7-12(8-10-13)6-4-2-1-3-5-11-15/h7-11H,1-6H2. The molecule has 0 unspecified atom stereocenters. The second-order valence-corrected chi connectivity index (χ2v) is 4.18. The quantitative estimate of drug-likeness (QED) is 0.505. The van der Waals surface area contributed by atoms with Crippen molar-refractivity contribution in [2.45, 2.75) is 38.5 Å². The minimum Gasteiger partial charge on any atom is -0.303 e. The fourth-order valence-electron chi connectivity index (χ4n) is 1.56. The Labute approximate surface area is 96.5 Å². The first-order valence-electron chi connectivity index (χ1n) is 5.51. The van der Waals surface area contributed by atoms with Gasteiger partial charge in [0.2, 0.25) is 0 Å². The summed E-state index contributed by atoms with van der Waals surface area (Å²) in [5.41, 5.74) is 1.34. The van der Waals surface area contributed by atoms with Crippen LogP contribution in [0.15, 0.2) is 24.3 Å². The molecule has 0 aromatic heterocycles. The summed E-state index contributed by atoms with van der Waals surface area (Å²) in [6.45, 7) is 0.